The topological polar surface area (TPSA) is 91.3 Å². The molecule has 0 saturated carbocycles. The SMILES string of the molecule is CNc1cccc(CCCCc2ccc(C[C@H](NC(=O)c3ccccc3Cl)C(=O)O)cc2)n1. The van der Waals surface area contributed by atoms with Gasteiger partial charge in [0.1, 0.15) is 11.9 Å². The number of aromatic nitrogens is 1. The predicted octanol–water partition coefficient (Wildman–Crippen LogP) is 4.77. The third-order valence-electron chi connectivity index (χ3n) is 5.40. The van der Waals surface area contributed by atoms with Crippen molar-refractivity contribution in [1.29, 1.82) is 0 Å². The third kappa shape index (κ3) is 7.32. The first-order valence-corrected chi connectivity index (χ1v) is 11.3. The van der Waals surface area contributed by atoms with Crippen molar-refractivity contribution in [2.24, 2.45) is 0 Å². The first-order valence-electron chi connectivity index (χ1n) is 11.0. The maximum Gasteiger partial charge on any atom is 0.326 e. The van der Waals surface area contributed by atoms with Crippen LogP contribution < -0.4 is 10.6 Å². The second-order valence-corrected chi connectivity index (χ2v) is 8.24. The molecule has 1 atom stereocenters. The molecule has 0 spiro atoms. The number of rotatable bonds is 11. The number of anilines is 1. The molecule has 0 saturated heterocycles. The molecule has 0 aliphatic rings. The second-order valence-electron chi connectivity index (χ2n) is 7.84. The minimum Gasteiger partial charge on any atom is -0.480 e. The van der Waals surface area contributed by atoms with Crippen molar-refractivity contribution in [2.75, 3.05) is 12.4 Å². The van der Waals surface area contributed by atoms with E-state index in [1.54, 1.807) is 24.3 Å². The van der Waals surface area contributed by atoms with Gasteiger partial charge in [0.05, 0.1) is 10.6 Å². The van der Waals surface area contributed by atoms with Crippen molar-refractivity contribution < 1.29 is 14.7 Å². The number of aryl methyl sites for hydroxylation is 2. The van der Waals surface area contributed by atoms with E-state index in [2.05, 4.69) is 15.6 Å². The first-order chi connectivity index (χ1) is 16.0. The van der Waals surface area contributed by atoms with Crippen molar-refractivity contribution in [3.05, 3.63) is 94.1 Å². The van der Waals surface area contributed by atoms with Crippen LogP contribution in [0.25, 0.3) is 0 Å². The Balaban J connectivity index is 1.50. The van der Waals surface area contributed by atoms with Crippen LogP contribution in [0.5, 0.6) is 0 Å². The molecular weight excluding hydrogens is 438 g/mol. The lowest BCUT2D eigenvalue weighted by atomic mass is 10.0. The summed E-state index contributed by atoms with van der Waals surface area (Å²) in [6.07, 6.45) is 4.14. The van der Waals surface area contributed by atoms with Gasteiger partial charge < -0.3 is 15.7 Å². The van der Waals surface area contributed by atoms with Crippen molar-refractivity contribution in [3.63, 3.8) is 0 Å². The average Bonchev–Trinajstić information content (AvgIpc) is 2.82. The molecule has 3 aromatic rings. The van der Waals surface area contributed by atoms with Crippen molar-refractivity contribution in [3.8, 4) is 0 Å². The Bertz CT molecular complexity index is 1090. The molecule has 0 aliphatic heterocycles. The van der Waals surface area contributed by atoms with Crippen LogP contribution in [0.4, 0.5) is 5.82 Å². The number of aliphatic carboxylic acids is 1. The summed E-state index contributed by atoms with van der Waals surface area (Å²) in [7, 11) is 1.86. The highest BCUT2D eigenvalue weighted by atomic mass is 35.5. The van der Waals surface area contributed by atoms with E-state index in [0.29, 0.717) is 0 Å². The number of hydrogen-bond acceptors (Lipinski definition) is 4. The zero-order valence-corrected chi connectivity index (χ0v) is 19.3. The number of carboxylic acid groups (broad SMARTS) is 1. The number of carbonyl (C=O) groups is 2. The normalized spacial score (nSPS) is 11.6. The van der Waals surface area contributed by atoms with Crippen molar-refractivity contribution in [1.82, 2.24) is 10.3 Å². The van der Waals surface area contributed by atoms with E-state index in [9.17, 15) is 14.7 Å². The standard InChI is InChI=1S/C26H28ClN3O3/c1-28-24-12-6-9-20(29-24)8-3-2-7-18-13-15-19(16-14-18)17-23(26(32)33)30-25(31)21-10-4-5-11-22(21)27/h4-6,9-16,23H,2-3,7-8,17H2,1H3,(H,28,29)(H,30,31)(H,32,33)/t23-/m0/s1. The van der Waals surface area contributed by atoms with Gasteiger partial charge in [0, 0.05) is 19.2 Å². The Kier molecular flexibility index (Phi) is 8.84. The molecule has 3 N–H and O–H groups in total. The Morgan fingerprint density at radius 1 is 0.939 bits per heavy atom. The number of nitrogens with one attached hydrogen (secondary N) is 2. The number of amides is 1. The maximum atomic E-state index is 12.4. The summed E-state index contributed by atoms with van der Waals surface area (Å²) in [4.78, 5) is 28.7. The van der Waals surface area contributed by atoms with E-state index in [0.717, 1.165) is 42.8 Å². The average molecular weight is 466 g/mol. The number of carboxylic acids is 1. The molecule has 33 heavy (non-hydrogen) atoms. The Morgan fingerprint density at radius 3 is 2.33 bits per heavy atom. The molecular formula is C26H28ClN3O3. The van der Waals surface area contributed by atoms with Gasteiger partial charge in [0.25, 0.3) is 5.91 Å². The number of unbranched alkanes of at least 4 members (excludes halogenated alkanes) is 1. The Labute approximate surface area is 199 Å². The summed E-state index contributed by atoms with van der Waals surface area (Å²) in [5.41, 5.74) is 3.38. The number of pyridine rings is 1. The number of halogens is 1. The third-order valence-corrected chi connectivity index (χ3v) is 5.73. The summed E-state index contributed by atoms with van der Waals surface area (Å²) in [5.74, 6) is -0.708. The first kappa shape index (κ1) is 24.3. The largest absolute Gasteiger partial charge is 0.480 e. The smallest absolute Gasteiger partial charge is 0.326 e. The molecule has 1 heterocycles. The molecule has 0 bridgehead atoms. The van der Waals surface area contributed by atoms with Gasteiger partial charge in [-0.25, -0.2) is 9.78 Å². The van der Waals surface area contributed by atoms with Gasteiger partial charge in [-0.1, -0.05) is 54.1 Å². The fourth-order valence-corrected chi connectivity index (χ4v) is 3.77. The van der Waals surface area contributed by atoms with E-state index < -0.39 is 17.9 Å². The maximum absolute atomic E-state index is 12.4. The summed E-state index contributed by atoms with van der Waals surface area (Å²) < 4.78 is 0. The molecule has 0 fully saturated rings. The summed E-state index contributed by atoms with van der Waals surface area (Å²) in [6.45, 7) is 0. The van der Waals surface area contributed by atoms with E-state index in [-0.39, 0.29) is 17.0 Å². The van der Waals surface area contributed by atoms with Gasteiger partial charge in [-0.15, -0.1) is 0 Å². The number of carbonyl (C=O) groups excluding carboxylic acids is 1. The summed E-state index contributed by atoms with van der Waals surface area (Å²) >= 11 is 6.05. The van der Waals surface area contributed by atoms with Crippen molar-refractivity contribution in [2.45, 2.75) is 38.1 Å². The minimum atomic E-state index is -1.09. The molecule has 2 aromatic carbocycles. The molecule has 1 aromatic heterocycles. The molecule has 172 valence electrons. The van der Waals surface area contributed by atoms with Gasteiger partial charge in [0.2, 0.25) is 0 Å². The van der Waals surface area contributed by atoms with E-state index in [1.165, 1.54) is 5.56 Å². The van der Waals surface area contributed by atoms with Gasteiger partial charge in [-0.2, -0.15) is 0 Å². The van der Waals surface area contributed by atoms with Crippen LogP contribution in [0.3, 0.4) is 0 Å². The number of hydrogen-bond donors (Lipinski definition) is 3. The van der Waals surface area contributed by atoms with E-state index >= 15 is 0 Å². The van der Waals surface area contributed by atoms with Crippen LogP contribution in [-0.2, 0) is 24.1 Å². The van der Waals surface area contributed by atoms with Crippen LogP contribution >= 0.6 is 11.6 Å². The molecule has 6 nitrogen and oxygen atoms in total. The lowest BCUT2D eigenvalue weighted by Gasteiger charge is -2.15. The minimum absolute atomic E-state index is 0.194. The van der Waals surface area contributed by atoms with Gasteiger partial charge in [-0.05, 0) is 61.1 Å². The molecule has 0 radical (unpaired) electrons. The van der Waals surface area contributed by atoms with Crippen LogP contribution in [0, 0.1) is 0 Å². The second kappa shape index (κ2) is 12.0. The lowest BCUT2D eigenvalue weighted by molar-refractivity contribution is -0.139. The number of nitrogens with zero attached hydrogens (tertiary/aromatic N) is 1. The van der Waals surface area contributed by atoms with E-state index in [1.807, 2.05) is 49.5 Å². The van der Waals surface area contributed by atoms with Gasteiger partial charge in [0.15, 0.2) is 0 Å². The lowest BCUT2D eigenvalue weighted by Crippen LogP contribution is -2.42. The summed E-state index contributed by atoms with van der Waals surface area (Å²) in [5, 5.41) is 15.5. The highest BCUT2D eigenvalue weighted by Gasteiger charge is 2.22. The highest BCUT2D eigenvalue weighted by Crippen LogP contribution is 2.16. The van der Waals surface area contributed by atoms with Gasteiger partial charge in [-0.3, -0.25) is 4.79 Å². The fourth-order valence-electron chi connectivity index (χ4n) is 3.55. The van der Waals surface area contributed by atoms with Crippen LogP contribution in [0.1, 0.15) is 40.0 Å². The fraction of sp³-hybridized carbons (Fsp3) is 0.269. The quantitative estimate of drug-likeness (QED) is 0.355. The Morgan fingerprint density at radius 2 is 1.64 bits per heavy atom. The van der Waals surface area contributed by atoms with Gasteiger partial charge >= 0.3 is 5.97 Å². The molecule has 3 rings (SSSR count). The zero-order valence-electron chi connectivity index (χ0n) is 18.6. The van der Waals surface area contributed by atoms with Crippen LogP contribution in [0.2, 0.25) is 5.02 Å². The predicted molar refractivity (Wildman–Crippen MR) is 131 cm³/mol. The molecule has 7 heteroatoms. The van der Waals surface area contributed by atoms with E-state index in [4.69, 9.17) is 11.6 Å². The molecule has 0 unspecified atom stereocenters. The summed E-state index contributed by atoms with van der Waals surface area (Å²) in [6, 6.07) is 19.4. The monoisotopic (exact) mass is 465 g/mol. The highest BCUT2D eigenvalue weighted by molar-refractivity contribution is 6.33. The molecule has 1 amide bonds. The zero-order chi connectivity index (χ0) is 23.6. The van der Waals surface area contributed by atoms with Crippen molar-refractivity contribution >= 4 is 29.3 Å². The van der Waals surface area contributed by atoms with Crippen LogP contribution in [-0.4, -0.2) is 35.1 Å². The van der Waals surface area contributed by atoms with Crippen LogP contribution in [0.15, 0.2) is 66.7 Å². The number of benzene rings is 2. The Hall–Kier alpha value is -3.38. The molecule has 0 aliphatic carbocycles.